The van der Waals surface area contributed by atoms with E-state index in [1.54, 1.807) is 0 Å². The molecular weight excluding hydrogens is 262 g/mol. The van der Waals surface area contributed by atoms with Gasteiger partial charge in [0.2, 0.25) is 0 Å². The summed E-state index contributed by atoms with van der Waals surface area (Å²) in [4.78, 5) is 7.50. The van der Waals surface area contributed by atoms with Crippen LogP contribution in [0.1, 0.15) is 65.2 Å². The van der Waals surface area contributed by atoms with Gasteiger partial charge in [0, 0.05) is 19.1 Å². The quantitative estimate of drug-likeness (QED) is 0.625. The first-order chi connectivity index (χ1) is 10.3. The fraction of sp³-hybridized carbons (Fsp3) is 0.941. The highest BCUT2D eigenvalue weighted by Crippen LogP contribution is 2.21. The van der Waals surface area contributed by atoms with Crippen molar-refractivity contribution in [2.24, 2.45) is 4.99 Å². The fourth-order valence-electron chi connectivity index (χ4n) is 3.28. The minimum atomic E-state index is 0.531. The maximum absolute atomic E-state index is 5.49. The molecule has 0 spiro atoms. The summed E-state index contributed by atoms with van der Waals surface area (Å²) in [5.74, 6) is 1.14. The average molecular weight is 295 g/mol. The first kappa shape index (κ1) is 16.6. The SMILES string of the molecule is CCCC(CC)NC(=NC1CCCCC1)N1CCOCC1. The van der Waals surface area contributed by atoms with Gasteiger partial charge in [0.15, 0.2) is 5.96 Å². The van der Waals surface area contributed by atoms with Crippen LogP contribution in [0.4, 0.5) is 0 Å². The van der Waals surface area contributed by atoms with Gasteiger partial charge in [-0.25, -0.2) is 4.99 Å². The van der Waals surface area contributed by atoms with Crippen molar-refractivity contribution in [1.29, 1.82) is 0 Å². The monoisotopic (exact) mass is 295 g/mol. The summed E-state index contributed by atoms with van der Waals surface area (Å²) < 4.78 is 5.49. The summed E-state index contributed by atoms with van der Waals surface area (Å²) in [5, 5.41) is 3.74. The molecule has 2 fully saturated rings. The molecule has 1 heterocycles. The lowest BCUT2D eigenvalue weighted by molar-refractivity contribution is 0.0658. The number of guanidine groups is 1. The molecule has 0 aromatic rings. The number of hydrogen-bond acceptors (Lipinski definition) is 2. The number of aliphatic imine (C=N–C) groups is 1. The second-order valence-corrected chi connectivity index (χ2v) is 6.38. The number of ether oxygens (including phenoxy) is 1. The number of hydrogen-bond donors (Lipinski definition) is 1. The molecule has 2 rings (SSSR count). The smallest absolute Gasteiger partial charge is 0.194 e. The van der Waals surface area contributed by atoms with Crippen LogP contribution in [-0.2, 0) is 4.74 Å². The normalized spacial score (nSPS) is 23.1. The molecule has 1 saturated carbocycles. The summed E-state index contributed by atoms with van der Waals surface area (Å²) in [7, 11) is 0. The van der Waals surface area contributed by atoms with Crippen LogP contribution in [-0.4, -0.2) is 49.2 Å². The molecule has 0 aromatic carbocycles. The van der Waals surface area contributed by atoms with Gasteiger partial charge in [0.1, 0.15) is 0 Å². The first-order valence-corrected chi connectivity index (χ1v) is 9.00. The van der Waals surface area contributed by atoms with E-state index in [2.05, 4.69) is 24.1 Å². The third-order valence-electron chi connectivity index (χ3n) is 4.65. The Morgan fingerprint density at radius 1 is 1.19 bits per heavy atom. The molecule has 1 unspecified atom stereocenters. The molecule has 122 valence electrons. The van der Waals surface area contributed by atoms with Crippen molar-refractivity contribution in [3.8, 4) is 0 Å². The molecule has 0 amide bonds. The molecular formula is C17H33N3O. The molecule has 0 radical (unpaired) electrons. The minimum absolute atomic E-state index is 0.531. The van der Waals surface area contributed by atoms with Gasteiger partial charge in [-0.2, -0.15) is 0 Å². The molecule has 4 heteroatoms. The second kappa shape index (κ2) is 9.29. The van der Waals surface area contributed by atoms with Gasteiger partial charge in [-0.1, -0.05) is 39.5 Å². The predicted octanol–water partition coefficient (Wildman–Crippen LogP) is 3.18. The Morgan fingerprint density at radius 3 is 2.52 bits per heavy atom. The van der Waals surface area contributed by atoms with Gasteiger partial charge < -0.3 is 15.0 Å². The van der Waals surface area contributed by atoms with Crippen LogP contribution >= 0.6 is 0 Å². The maximum Gasteiger partial charge on any atom is 0.194 e. The lowest BCUT2D eigenvalue weighted by atomic mass is 9.96. The number of rotatable bonds is 5. The van der Waals surface area contributed by atoms with Crippen LogP contribution < -0.4 is 5.32 Å². The highest BCUT2D eigenvalue weighted by molar-refractivity contribution is 5.80. The van der Waals surface area contributed by atoms with Crippen molar-refractivity contribution in [2.45, 2.75) is 77.3 Å². The summed E-state index contributed by atoms with van der Waals surface area (Å²) >= 11 is 0. The molecule has 1 N–H and O–H groups in total. The Kier molecular flexibility index (Phi) is 7.34. The molecule has 0 bridgehead atoms. The van der Waals surface area contributed by atoms with Crippen LogP contribution in [0.25, 0.3) is 0 Å². The molecule has 21 heavy (non-hydrogen) atoms. The van der Waals surface area contributed by atoms with Crippen molar-refractivity contribution in [1.82, 2.24) is 10.2 Å². The van der Waals surface area contributed by atoms with Crippen molar-refractivity contribution >= 4 is 5.96 Å². The maximum atomic E-state index is 5.49. The molecule has 1 saturated heterocycles. The van der Waals surface area contributed by atoms with Gasteiger partial charge in [-0.05, 0) is 25.7 Å². The fourth-order valence-corrected chi connectivity index (χ4v) is 3.28. The van der Waals surface area contributed by atoms with Crippen LogP contribution in [0.3, 0.4) is 0 Å². The zero-order chi connectivity index (χ0) is 14.9. The van der Waals surface area contributed by atoms with Gasteiger partial charge in [-0.3, -0.25) is 0 Å². The lowest BCUT2D eigenvalue weighted by Crippen LogP contribution is -2.50. The van der Waals surface area contributed by atoms with E-state index >= 15 is 0 Å². The van der Waals surface area contributed by atoms with E-state index in [1.807, 2.05) is 0 Å². The van der Waals surface area contributed by atoms with E-state index < -0.39 is 0 Å². The van der Waals surface area contributed by atoms with E-state index in [-0.39, 0.29) is 0 Å². The zero-order valence-corrected chi connectivity index (χ0v) is 13.9. The molecule has 4 nitrogen and oxygen atoms in total. The summed E-state index contributed by atoms with van der Waals surface area (Å²) in [6.45, 7) is 8.13. The Balaban J connectivity index is 2.02. The molecule has 0 aromatic heterocycles. The second-order valence-electron chi connectivity index (χ2n) is 6.38. The first-order valence-electron chi connectivity index (χ1n) is 9.00. The number of nitrogens with one attached hydrogen (secondary N) is 1. The van der Waals surface area contributed by atoms with Crippen molar-refractivity contribution < 1.29 is 4.74 Å². The largest absolute Gasteiger partial charge is 0.378 e. The summed E-state index contributed by atoms with van der Waals surface area (Å²) in [5.41, 5.74) is 0. The number of morpholine rings is 1. The number of nitrogens with zero attached hydrogens (tertiary/aromatic N) is 2. The van der Waals surface area contributed by atoms with Crippen LogP contribution in [0.5, 0.6) is 0 Å². The van der Waals surface area contributed by atoms with E-state index in [0.717, 1.165) is 32.3 Å². The molecule has 1 aliphatic carbocycles. The lowest BCUT2D eigenvalue weighted by Gasteiger charge is -2.33. The van der Waals surface area contributed by atoms with Gasteiger partial charge in [-0.15, -0.1) is 0 Å². The standard InChI is InChI=1S/C17H33N3O/c1-3-8-15(4-2)18-17(20-11-13-21-14-12-20)19-16-9-6-5-7-10-16/h15-16H,3-14H2,1-2H3,(H,18,19). The van der Waals surface area contributed by atoms with Gasteiger partial charge in [0.05, 0.1) is 19.3 Å². The van der Waals surface area contributed by atoms with Crippen molar-refractivity contribution in [2.75, 3.05) is 26.3 Å². The van der Waals surface area contributed by atoms with Gasteiger partial charge in [0.25, 0.3) is 0 Å². The van der Waals surface area contributed by atoms with E-state index in [9.17, 15) is 0 Å². The van der Waals surface area contributed by atoms with E-state index in [1.165, 1.54) is 51.4 Å². The Morgan fingerprint density at radius 2 is 1.90 bits per heavy atom. The average Bonchev–Trinajstić information content (AvgIpc) is 2.55. The Bertz CT molecular complexity index is 307. The van der Waals surface area contributed by atoms with Crippen molar-refractivity contribution in [3.05, 3.63) is 0 Å². The Labute approximate surface area is 130 Å². The minimum Gasteiger partial charge on any atom is -0.378 e. The highest BCUT2D eigenvalue weighted by Gasteiger charge is 2.20. The van der Waals surface area contributed by atoms with Crippen LogP contribution in [0, 0.1) is 0 Å². The summed E-state index contributed by atoms with van der Waals surface area (Å²) in [6.07, 6.45) is 10.2. The topological polar surface area (TPSA) is 36.9 Å². The highest BCUT2D eigenvalue weighted by atomic mass is 16.5. The molecule has 1 atom stereocenters. The third kappa shape index (κ3) is 5.50. The van der Waals surface area contributed by atoms with Crippen LogP contribution in [0.2, 0.25) is 0 Å². The molecule has 2 aliphatic rings. The van der Waals surface area contributed by atoms with E-state index in [4.69, 9.17) is 9.73 Å². The predicted molar refractivity (Wildman–Crippen MR) is 88.8 cm³/mol. The van der Waals surface area contributed by atoms with Crippen molar-refractivity contribution in [3.63, 3.8) is 0 Å². The summed E-state index contributed by atoms with van der Waals surface area (Å²) in [6, 6.07) is 1.09. The third-order valence-corrected chi connectivity index (χ3v) is 4.65. The van der Waals surface area contributed by atoms with E-state index in [0.29, 0.717) is 12.1 Å². The Hall–Kier alpha value is -0.770. The van der Waals surface area contributed by atoms with Crippen LogP contribution in [0.15, 0.2) is 4.99 Å². The molecule has 1 aliphatic heterocycles. The van der Waals surface area contributed by atoms with Gasteiger partial charge >= 0.3 is 0 Å². The zero-order valence-electron chi connectivity index (χ0n) is 13.9.